The molecule has 0 bridgehead atoms. The van der Waals surface area contributed by atoms with Crippen molar-refractivity contribution in [2.75, 3.05) is 64.4 Å². The molecule has 3 heterocycles. The van der Waals surface area contributed by atoms with Crippen LogP contribution in [0.1, 0.15) is 18.7 Å². The minimum atomic E-state index is -3.97. The standard InChI is InChI=1S/C26H36N6O5S2/c1-5-29(6-2)12-11-27-22(33)17-31-18-28-25-23(26(31)34)24(19(3)38-25)39(35,36)32-15-13-30(14-16-32)20-9-7-8-10-21(20)37-4/h7-10,18H,5-6,11-17H2,1-4H3,(H,27,33). The fourth-order valence-corrected chi connectivity index (χ4v) is 7.92. The van der Waals surface area contributed by atoms with Gasteiger partial charge in [0.1, 0.15) is 22.0 Å². The summed E-state index contributed by atoms with van der Waals surface area (Å²) < 4.78 is 35.7. The largest absolute Gasteiger partial charge is 0.495 e. The first kappa shape index (κ1) is 29.0. The van der Waals surface area contributed by atoms with Crippen molar-refractivity contribution in [3.63, 3.8) is 0 Å². The second kappa shape index (κ2) is 12.5. The fraction of sp³-hybridized carbons (Fsp3) is 0.500. The number of likely N-dealkylation sites (N-methyl/N-ethyl adjacent to an activating group) is 1. The topological polar surface area (TPSA) is 117 Å². The van der Waals surface area contributed by atoms with E-state index in [1.54, 1.807) is 14.0 Å². The molecule has 1 aliphatic heterocycles. The molecule has 1 N–H and O–H groups in total. The molecule has 39 heavy (non-hydrogen) atoms. The van der Waals surface area contributed by atoms with Crippen molar-refractivity contribution in [1.29, 1.82) is 0 Å². The van der Waals surface area contributed by atoms with Crippen LogP contribution in [0.15, 0.2) is 40.3 Å². The number of para-hydroxylation sites is 2. The van der Waals surface area contributed by atoms with Gasteiger partial charge >= 0.3 is 0 Å². The number of aryl methyl sites for hydroxylation is 1. The number of methoxy groups -OCH3 is 1. The molecule has 3 aromatic rings. The van der Waals surface area contributed by atoms with Gasteiger partial charge < -0.3 is 19.9 Å². The van der Waals surface area contributed by atoms with Crippen molar-refractivity contribution in [3.05, 3.63) is 45.8 Å². The Morgan fingerprint density at radius 1 is 1.15 bits per heavy atom. The second-order valence-electron chi connectivity index (χ2n) is 9.28. The van der Waals surface area contributed by atoms with Crippen LogP contribution in [0.4, 0.5) is 5.69 Å². The van der Waals surface area contributed by atoms with Gasteiger partial charge in [-0.3, -0.25) is 14.2 Å². The number of nitrogens with one attached hydrogen (secondary N) is 1. The molecule has 0 unspecified atom stereocenters. The molecule has 0 saturated carbocycles. The van der Waals surface area contributed by atoms with E-state index in [-0.39, 0.29) is 35.8 Å². The number of rotatable bonds is 11. The molecule has 1 aromatic carbocycles. The molecule has 0 aliphatic carbocycles. The molecule has 1 aliphatic rings. The third-order valence-corrected chi connectivity index (χ3v) is 10.2. The number of fused-ring (bicyclic) bond motifs is 1. The summed E-state index contributed by atoms with van der Waals surface area (Å²) in [6.45, 7) is 10.0. The maximum absolute atomic E-state index is 13.8. The van der Waals surface area contributed by atoms with Crippen LogP contribution in [0.2, 0.25) is 0 Å². The maximum atomic E-state index is 13.8. The minimum Gasteiger partial charge on any atom is -0.495 e. The van der Waals surface area contributed by atoms with Crippen molar-refractivity contribution in [1.82, 2.24) is 24.1 Å². The molecular weight excluding hydrogens is 540 g/mol. The number of amides is 1. The van der Waals surface area contributed by atoms with E-state index in [0.29, 0.717) is 35.9 Å². The number of carbonyl (C=O) groups excluding carboxylic acids is 1. The molecule has 11 nitrogen and oxygen atoms in total. The highest BCUT2D eigenvalue weighted by Crippen LogP contribution is 2.34. The lowest BCUT2D eigenvalue weighted by molar-refractivity contribution is -0.121. The van der Waals surface area contributed by atoms with Gasteiger partial charge in [-0.1, -0.05) is 26.0 Å². The van der Waals surface area contributed by atoms with E-state index in [1.165, 1.54) is 26.5 Å². The van der Waals surface area contributed by atoms with E-state index in [2.05, 4.69) is 33.9 Å². The Balaban J connectivity index is 1.53. The second-order valence-corrected chi connectivity index (χ2v) is 12.4. The molecular formula is C26H36N6O5S2. The molecule has 2 aromatic heterocycles. The van der Waals surface area contributed by atoms with E-state index in [1.807, 2.05) is 24.3 Å². The Morgan fingerprint density at radius 2 is 1.85 bits per heavy atom. The number of ether oxygens (including phenoxy) is 1. The Hall–Kier alpha value is -3.00. The first-order chi connectivity index (χ1) is 18.7. The van der Waals surface area contributed by atoms with Gasteiger partial charge in [0.15, 0.2) is 0 Å². The zero-order chi connectivity index (χ0) is 28.2. The van der Waals surface area contributed by atoms with Crippen LogP contribution in [-0.2, 0) is 21.4 Å². The Kier molecular flexibility index (Phi) is 9.26. The van der Waals surface area contributed by atoms with Crippen LogP contribution < -0.4 is 20.5 Å². The Labute approximate surface area is 233 Å². The highest BCUT2D eigenvalue weighted by molar-refractivity contribution is 7.89. The monoisotopic (exact) mass is 576 g/mol. The van der Waals surface area contributed by atoms with Gasteiger partial charge in [0.05, 0.1) is 24.5 Å². The van der Waals surface area contributed by atoms with Gasteiger partial charge in [0.25, 0.3) is 5.56 Å². The van der Waals surface area contributed by atoms with Crippen molar-refractivity contribution in [2.24, 2.45) is 0 Å². The summed E-state index contributed by atoms with van der Waals surface area (Å²) in [6, 6.07) is 7.64. The van der Waals surface area contributed by atoms with Crippen molar-refractivity contribution in [2.45, 2.75) is 32.2 Å². The molecule has 1 amide bonds. The average Bonchev–Trinajstić information content (AvgIpc) is 3.30. The van der Waals surface area contributed by atoms with E-state index in [0.717, 1.165) is 24.5 Å². The predicted octanol–water partition coefficient (Wildman–Crippen LogP) is 1.74. The number of thiophene rings is 1. The van der Waals surface area contributed by atoms with Crippen LogP contribution in [0, 0.1) is 6.92 Å². The average molecular weight is 577 g/mol. The van der Waals surface area contributed by atoms with E-state index < -0.39 is 15.6 Å². The van der Waals surface area contributed by atoms with Crippen molar-refractivity contribution in [3.8, 4) is 5.75 Å². The molecule has 212 valence electrons. The number of hydrogen-bond donors (Lipinski definition) is 1. The Bertz CT molecular complexity index is 1470. The van der Waals surface area contributed by atoms with E-state index in [9.17, 15) is 18.0 Å². The molecule has 1 fully saturated rings. The number of sulfonamides is 1. The number of hydrogen-bond acceptors (Lipinski definition) is 9. The maximum Gasteiger partial charge on any atom is 0.263 e. The van der Waals surface area contributed by atoms with Gasteiger partial charge in [-0.2, -0.15) is 4.31 Å². The molecule has 0 spiro atoms. The predicted molar refractivity (Wildman–Crippen MR) is 153 cm³/mol. The van der Waals surface area contributed by atoms with Gasteiger partial charge in [-0.25, -0.2) is 13.4 Å². The first-order valence-electron chi connectivity index (χ1n) is 13.1. The summed E-state index contributed by atoms with van der Waals surface area (Å²) in [5, 5.41) is 2.87. The van der Waals surface area contributed by atoms with Crippen LogP contribution in [0.25, 0.3) is 10.2 Å². The summed E-state index contributed by atoms with van der Waals surface area (Å²) in [7, 11) is -2.36. The van der Waals surface area contributed by atoms with Gasteiger partial charge in [-0.05, 0) is 32.1 Å². The SMILES string of the molecule is CCN(CC)CCNC(=O)Cn1cnc2sc(C)c(S(=O)(=O)N3CCN(c4ccccc4OC)CC3)c2c1=O. The number of aromatic nitrogens is 2. The van der Waals surface area contributed by atoms with Crippen LogP contribution >= 0.6 is 11.3 Å². The molecule has 0 atom stereocenters. The van der Waals surface area contributed by atoms with E-state index in [4.69, 9.17) is 4.74 Å². The van der Waals surface area contributed by atoms with Crippen molar-refractivity contribution < 1.29 is 17.9 Å². The molecule has 0 radical (unpaired) electrons. The highest BCUT2D eigenvalue weighted by atomic mass is 32.2. The number of carbonyl (C=O) groups is 1. The Morgan fingerprint density at radius 3 is 2.51 bits per heavy atom. The third-order valence-electron chi connectivity index (χ3n) is 7.02. The normalized spacial score (nSPS) is 14.7. The zero-order valence-corrected chi connectivity index (χ0v) is 24.5. The van der Waals surface area contributed by atoms with Crippen LogP contribution in [0.5, 0.6) is 5.75 Å². The quantitative estimate of drug-likeness (QED) is 0.367. The van der Waals surface area contributed by atoms with Crippen LogP contribution in [0.3, 0.4) is 0 Å². The van der Waals surface area contributed by atoms with Gasteiger partial charge in [0, 0.05) is 44.1 Å². The first-order valence-corrected chi connectivity index (χ1v) is 15.3. The minimum absolute atomic E-state index is 0.0120. The molecule has 13 heteroatoms. The summed E-state index contributed by atoms with van der Waals surface area (Å²) in [6.07, 6.45) is 1.31. The lowest BCUT2D eigenvalue weighted by Gasteiger charge is -2.35. The number of nitrogens with zero attached hydrogens (tertiary/aromatic N) is 5. The molecule has 1 saturated heterocycles. The lowest BCUT2D eigenvalue weighted by atomic mass is 10.2. The number of anilines is 1. The molecule has 4 rings (SSSR count). The summed E-state index contributed by atoms with van der Waals surface area (Å²) in [4.78, 5) is 35.4. The van der Waals surface area contributed by atoms with Gasteiger partial charge in [0.2, 0.25) is 15.9 Å². The lowest BCUT2D eigenvalue weighted by Crippen LogP contribution is -2.49. The highest BCUT2D eigenvalue weighted by Gasteiger charge is 2.34. The van der Waals surface area contributed by atoms with Crippen LogP contribution in [-0.4, -0.2) is 92.5 Å². The number of piperazine rings is 1. The number of benzene rings is 1. The summed E-state index contributed by atoms with van der Waals surface area (Å²) in [5.74, 6) is 0.409. The fourth-order valence-electron chi connectivity index (χ4n) is 4.83. The summed E-state index contributed by atoms with van der Waals surface area (Å²) in [5.41, 5.74) is 0.381. The summed E-state index contributed by atoms with van der Waals surface area (Å²) >= 11 is 1.17. The zero-order valence-electron chi connectivity index (χ0n) is 22.8. The smallest absolute Gasteiger partial charge is 0.263 e. The third kappa shape index (κ3) is 6.11. The van der Waals surface area contributed by atoms with Crippen molar-refractivity contribution >= 4 is 43.2 Å². The van der Waals surface area contributed by atoms with E-state index >= 15 is 0 Å². The van der Waals surface area contributed by atoms with Gasteiger partial charge in [-0.15, -0.1) is 11.3 Å².